The van der Waals surface area contributed by atoms with Gasteiger partial charge in [0.05, 0.1) is 12.6 Å². The van der Waals surface area contributed by atoms with Gasteiger partial charge in [-0.3, -0.25) is 14.4 Å². The molecule has 4 rings (SSSR count). The number of rotatable bonds is 5. The smallest absolute Gasteiger partial charge is 0.246 e. The number of fused-ring (bicyclic) bond motifs is 1. The summed E-state index contributed by atoms with van der Waals surface area (Å²) < 4.78 is 28.5. The Labute approximate surface area is 198 Å². The lowest BCUT2D eigenvalue weighted by molar-refractivity contribution is -0.135. The Morgan fingerprint density at radius 3 is 2.74 bits per heavy atom. The highest BCUT2D eigenvalue weighted by atomic mass is 19.1. The number of amides is 3. The van der Waals surface area contributed by atoms with E-state index in [4.69, 9.17) is 0 Å². The summed E-state index contributed by atoms with van der Waals surface area (Å²) in [5.41, 5.74) is 1.02. The fourth-order valence-corrected chi connectivity index (χ4v) is 5.36. The highest BCUT2D eigenvalue weighted by Crippen LogP contribution is 2.33. The highest BCUT2D eigenvalue weighted by molar-refractivity contribution is 5.94. The average Bonchev–Trinajstić information content (AvgIpc) is 3.42. The topological polar surface area (TPSA) is 93.5 Å². The molecule has 3 aliphatic rings. The third-order valence-corrected chi connectivity index (χ3v) is 6.94. The maximum Gasteiger partial charge on any atom is 0.246 e. The van der Waals surface area contributed by atoms with E-state index in [0.717, 1.165) is 23.1 Å². The summed E-state index contributed by atoms with van der Waals surface area (Å²) >= 11 is 0. The quantitative estimate of drug-likeness (QED) is 0.713. The lowest BCUT2D eigenvalue weighted by Crippen LogP contribution is -2.46. The molecule has 3 heterocycles. The predicted molar refractivity (Wildman–Crippen MR) is 119 cm³/mol. The minimum absolute atomic E-state index is 0.0614. The fourth-order valence-electron chi connectivity index (χ4n) is 5.36. The van der Waals surface area contributed by atoms with Gasteiger partial charge < -0.3 is 15.1 Å². The van der Waals surface area contributed by atoms with Crippen molar-refractivity contribution in [3.05, 3.63) is 34.6 Å². The molecule has 3 amide bonds. The third kappa shape index (κ3) is 4.77. The summed E-state index contributed by atoms with van der Waals surface area (Å²) in [7, 11) is 0. The van der Waals surface area contributed by atoms with E-state index in [2.05, 4.69) is 19.2 Å². The van der Waals surface area contributed by atoms with E-state index < -0.39 is 35.5 Å². The van der Waals surface area contributed by atoms with Gasteiger partial charge in [-0.15, -0.1) is 0 Å². The van der Waals surface area contributed by atoms with Crippen LogP contribution in [-0.4, -0.2) is 51.8 Å². The predicted octanol–water partition coefficient (Wildman–Crippen LogP) is 2.61. The summed E-state index contributed by atoms with van der Waals surface area (Å²) in [5, 5.41) is 11.9. The Hall–Kier alpha value is -3.02. The molecule has 0 bridgehead atoms. The summed E-state index contributed by atoms with van der Waals surface area (Å²) in [6.07, 6.45) is 0.713. The molecular weight excluding hydrogens is 442 g/mol. The number of nitrogens with one attached hydrogen (secondary N) is 1. The lowest BCUT2D eigenvalue weighted by Gasteiger charge is -2.23. The van der Waals surface area contributed by atoms with Gasteiger partial charge in [0.25, 0.3) is 0 Å². The molecule has 0 radical (unpaired) electrons. The number of alkyl halides is 1. The second kappa shape index (κ2) is 8.97. The molecule has 2 fully saturated rings. The molecule has 1 aromatic carbocycles. The van der Waals surface area contributed by atoms with Crippen LogP contribution in [0.5, 0.6) is 0 Å². The van der Waals surface area contributed by atoms with Gasteiger partial charge in [-0.25, -0.2) is 8.78 Å². The number of nitrogens with zero attached hydrogens (tertiary/aromatic N) is 3. The second-order valence-electron chi connectivity index (χ2n) is 10.5. The Morgan fingerprint density at radius 1 is 1.32 bits per heavy atom. The van der Waals surface area contributed by atoms with Crippen molar-refractivity contribution in [2.75, 3.05) is 6.54 Å². The van der Waals surface area contributed by atoms with E-state index in [9.17, 15) is 28.4 Å². The van der Waals surface area contributed by atoms with Crippen LogP contribution in [-0.2, 0) is 33.9 Å². The maximum absolute atomic E-state index is 14.4. The molecule has 34 heavy (non-hydrogen) atoms. The SMILES string of the molecule is CC(C)Cc1cc(F)cc2c1CN(C(=O)C[C@@H]1C[C@@H](C(=O)N3CC(C)(F)C[C@H]3C#N)NC1=O)C2. The Morgan fingerprint density at radius 2 is 2.06 bits per heavy atom. The fraction of sp³-hybridized carbons (Fsp3) is 0.600. The zero-order valence-corrected chi connectivity index (χ0v) is 19.7. The van der Waals surface area contributed by atoms with E-state index in [-0.39, 0.29) is 37.5 Å². The van der Waals surface area contributed by atoms with Gasteiger partial charge in [0.2, 0.25) is 17.7 Å². The molecule has 0 aromatic heterocycles. The van der Waals surface area contributed by atoms with Gasteiger partial charge in [0, 0.05) is 31.8 Å². The van der Waals surface area contributed by atoms with Crippen molar-refractivity contribution in [1.82, 2.24) is 15.1 Å². The number of carbonyl (C=O) groups is 3. The van der Waals surface area contributed by atoms with Crippen molar-refractivity contribution >= 4 is 17.7 Å². The summed E-state index contributed by atoms with van der Waals surface area (Å²) in [6, 6.07) is 3.20. The van der Waals surface area contributed by atoms with E-state index in [1.165, 1.54) is 24.0 Å². The molecule has 0 saturated carbocycles. The minimum Gasteiger partial charge on any atom is -0.344 e. The zero-order valence-electron chi connectivity index (χ0n) is 19.7. The molecule has 0 spiro atoms. The standard InChI is InChI=1S/C25H30F2N4O3/c1-14(2)4-15-5-18(26)6-17-11-30(12-20(15)17)22(32)8-16-7-21(29-23(16)33)24(34)31-13-25(3,27)9-19(31)10-28/h5-6,14,16,19,21H,4,7-9,11-13H2,1-3H3,(H,29,33)/t16-,19-,21-,25?/m0/s1. The van der Waals surface area contributed by atoms with Gasteiger partial charge in [-0.05, 0) is 54.5 Å². The number of halogens is 2. The Balaban J connectivity index is 1.39. The number of likely N-dealkylation sites (tertiary alicyclic amines) is 1. The van der Waals surface area contributed by atoms with E-state index >= 15 is 0 Å². The van der Waals surface area contributed by atoms with Crippen LogP contribution in [0.4, 0.5) is 8.78 Å². The molecule has 1 unspecified atom stereocenters. The van der Waals surface area contributed by atoms with Gasteiger partial charge in [-0.1, -0.05) is 13.8 Å². The van der Waals surface area contributed by atoms with Crippen LogP contribution in [0, 0.1) is 29.0 Å². The van der Waals surface area contributed by atoms with Crippen LogP contribution in [0.15, 0.2) is 12.1 Å². The third-order valence-electron chi connectivity index (χ3n) is 6.94. The molecule has 9 heteroatoms. The van der Waals surface area contributed by atoms with Gasteiger partial charge >= 0.3 is 0 Å². The normalized spacial score (nSPS) is 28.3. The first-order valence-corrected chi connectivity index (χ1v) is 11.7. The molecule has 182 valence electrons. The molecule has 3 aliphatic heterocycles. The molecule has 7 nitrogen and oxygen atoms in total. The summed E-state index contributed by atoms with van der Waals surface area (Å²) in [6.45, 7) is 5.94. The van der Waals surface area contributed by atoms with Crippen molar-refractivity contribution in [3.63, 3.8) is 0 Å². The van der Waals surface area contributed by atoms with Crippen molar-refractivity contribution in [2.24, 2.45) is 11.8 Å². The second-order valence-corrected chi connectivity index (χ2v) is 10.5. The van der Waals surface area contributed by atoms with Gasteiger partial charge in [-0.2, -0.15) is 5.26 Å². The Kier molecular flexibility index (Phi) is 6.36. The first kappa shape index (κ1) is 24.1. The first-order chi connectivity index (χ1) is 16.0. The Bertz CT molecular complexity index is 1060. The average molecular weight is 473 g/mol. The first-order valence-electron chi connectivity index (χ1n) is 11.7. The maximum atomic E-state index is 14.4. The zero-order chi connectivity index (χ0) is 24.8. The van der Waals surface area contributed by atoms with Crippen LogP contribution >= 0.6 is 0 Å². The highest BCUT2D eigenvalue weighted by Gasteiger charge is 2.47. The van der Waals surface area contributed by atoms with Crippen LogP contribution in [0.1, 0.15) is 56.7 Å². The van der Waals surface area contributed by atoms with Gasteiger partial charge in [0.15, 0.2) is 0 Å². The van der Waals surface area contributed by atoms with E-state index in [1.54, 1.807) is 4.90 Å². The van der Waals surface area contributed by atoms with E-state index in [0.29, 0.717) is 19.0 Å². The van der Waals surface area contributed by atoms with Crippen molar-refractivity contribution < 1.29 is 23.2 Å². The number of carbonyl (C=O) groups excluding carboxylic acids is 3. The number of hydrogen-bond acceptors (Lipinski definition) is 4. The van der Waals surface area contributed by atoms with Crippen LogP contribution < -0.4 is 5.32 Å². The van der Waals surface area contributed by atoms with Gasteiger partial charge in [0.1, 0.15) is 23.6 Å². The molecule has 1 N–H and O–H groups in total. The van der Waals surface area contributed by atoms with E-state index in [1.807, 2.05) is 6.07 Å². The number of hydrogen-bond donors (Lipinski definition) is 1. The molecule has 0 aliphatic carbocycles. The van der Waals surface area contributed by atoms with Crippen LogP contribution in [0.3, 0.4) is 0 Å². The summed E-state index contributed by atoms with van der Waals surface area (Å²) in [5.74, 6) is -1.77. The van der Waals surface area contributed by atoms with Crippen LogP contribution in [0.25, 0.3) is 0 Å². The molecule has 2 saturated heterocycles. The molecule has 4 atom stereocenters. The largest absolute Gasteiger partial charge is 0.344 e. The number of benzene rings is 1. The lowest BCUT2D eigenvalue weighted by atomic mass is 9.95. The molecular formula is C25H30F2N4O3. The van der Waals surface area contributed by atoms with Crippen LogP contribution in [0.2, 0.25) is 0 Å². The van der Waals surface area contributed by atoms with Crippen molar-refractivity contribution in [3.8, 4) is 6.07 Å². The monoisotopic (exact) mass is 472 g/mol. The van der Waals surface area contributed by atoms with Crippen molar-refractivity contribution in [1.29, 1.82) is 5.26 Å². The molecule has 1 aromatic rings. The number of nitriles is 1. The van der Waals surface area contributed by atoms with Crippen molar-refractivity contribution in [2.45, 2.75) is 77.3 Å². The summed E-state index contributed by atoms with van der Waals surface area (Å²) in [4.78, 5) is 41.3. The minimum atomic E-state index is -1.65.